The van der Waals surface area contributed by atoms with Gasteiger partial charge in [-0.1, -0.05) is 41.4 Å². The molecule has 0 aromatic heterocycles. The zero-order valence-corrected chi connectivity index (χ0v) is 6.60. The van der Waals surface area contributed by atoms with E-state index in [9.17, 15) is 0 Å². The summed E-state index contributed by atoms with van der Waals surface area (Å²) in [7, 11) is 0. The average Bonchev–Trinajstić information content (AvgIpc) is 1.95. The van der Waals surface area contributed by atoms with E-state index in [2.05, 4.69) is 19.1 Å². The molecule has 0 spiro atoms. The predicted octanol–water partition coefficient (Wildman–Crippen LogP) is 3.20. The molecule has 0 N–H and O–H groups in total. The minimum atomic E-state index is 1.14. The highest BCUT2D eigenvalue weighted by molar-refractivity contribution is 6.27. The van der Waals surface area contributed by atoms with Crippen molar-refractivity contribution in [3.05, 3.63) is 40.9 Å². The summed E-state index contributed by atoms with van der Waals surface area (Å²) >= 11 is 5.40. The van der Waals surface area contributed by atoms with Crippen molar-refractivity contribution in [1.29, 1.82) is 0 Å². The lowest BCUT2D eigenvalue weighted by molar-refractivity contribution is 1.46. The van der Waals surface area contributed by atoms with Crippen LogP contribution in [0, 0.1) is 6.92 Å². The molecule has 1 rings (SSSR count). The van der Waals surface area contributed by atoms with E-state index in [1.807, 2.05) is 18.2 Å². The molecular weight excluding hydrogens is 144 g/mol. The van der Waals surface area contributed by atoms with Gasteiger partial charge in [-0.15, -0.1) is 0 Å². The van der Waals surface area contributed by atoms with Crippen molar-refractivity contribution in [3.8, 4) is 0 Å². The van der Waals surface area contributed by atoms with E-state index >= 15 is 0 Å². The second-order valence-electron chi connectivity index (χ2n) is 2.20. The van der Waals surface area contributed by atoms with Crippen LogP contribution >= 0.6 is 11.6 Å². The van der Waals surface area contributed by atoms with Gasteiger partial charge in [0.1, 0.15) is 0 Å². The van der Waals surface area contributed by atoms with Gasteiger partial charge in [0.2, 0.25) is 0 Å². The molecule has 10 heavy (non-hydrogen) atoms. The smallest absolute Gasteiger partial charge is 0.00484 e. The number of hydrogen-bond donors (Lipinski definition) is 0. The van der Waals surface area contributed by atoms with Crippen molar-refractivity contribution >= 4 is 17.7 Å². The molecule has 0 saturated heterocycles. The van der Waals surface area contributed by atoms with Gasteiger partial charge in [0.25, 0.3) is 0 Å². The Hall–Kier alpha value is -0.750. The molecule has 1 aromatic rings. The first kappa shape index (κ1) is 7.36. The quantitative estimate of drug-likeness (QED) is 0.580. The van der Waals surface area contributed by atoms with Crippen molar-refractivity contribution < 1.29 is 0 Å². The predicted molar refractivity (Wildman–Crippen MR) is 46.1 cm³/mol. The van der Waals surface area contributed by atoms with Gasteiger partial charge < -0.3 is 0 Å². The van der Waals surface area contributed by atoms with Gasteiger partial charge in [-0.3, -0.25) is 0 Å². The zero-order valence-electron chi connectivity index (χ0n) is 5.84. The molecule has 52 valence electrons. The van der Waals surface area contributed by atoms with Gasteiger partial charge in [0.15, 0.2) is 0 Å². The molecule has 0 aliphatic rings. The topological polar surface area (TPSA) is 0 Å². The molecule has 0 fully saturated rings. The second-order valence-corrected chi connectivity index (χ2v) is 2.46. The summed E-state index contributed by atoms with van der Waals surface area (Å²) in [6, 6.07) is 8.20. The fourth-order valence-corrected chi connectivity index (χ4v) is 0.896. The maximum atomic E-state index is 5.40. The Kier molecular flexibility index (Phi) is 2.52. The van der Waals surface area contributed by atoms with Crippen LogP contribution in [0.4, 0.5) is 0 Å². The van der Waals surface area contributed by atoms with Crippen LogP contribution in [0.1, 0.15) is 11.1 Å². The first-order valence-electron chi connectivity index (χ1n) is 3.16. The first-order valence-corrected chi connectivity index (χ1v) is 3.60. The Balaban J connectivity index is 2.89. The second kappa shape index (κ2) is 3.43. The highest BCUT2D eigenvalue weighted by atomic mass is 35.5. The van der Waals surface area contributed by atoms with Crippen LogP contribution in [-0.2, 0) is 0 Å². The molecule has 0 heterocycles. The SMILES string of the molecule is Cc1ccc(/C=C/Cl)cc1. The minimum absolute atomic E-state index is 1.14. The van der Waals surface area contributed by atoms with E-state index in [4.69, 9.17) is 11.6 Å². The van der Waals surface area contributed by atoms with Crippen molar-refractivity contribution in [1.82, 2.24) is 0 Å². The van der Waals surface area contributed by atoms with E-state index in [0.29, 0.717) is 0 Å². The molecule has 0 saturated carbocycles. The largest absolute Gasteiger partial charge is 0.0929 e. The standard InChI is InChI=1S/C9H9Cl/c1-8-2-4-9(5-3-8)6-7-10/h2-7H,1H3/b7-6+. The van der Waals surface area contributed by atoms with E-state index in [1.165, 1.54) is 11.1 Å². The third kappa shape index (κ3) is 1.89. The average molecular weight is 153 g/mol. The third-order valence-corrected chi connectivity index (χ3v) is 1.46. The number of aryl methyl sites for hydroxylation is 1. The van der Waals surface area contributed by atoms with E-state index in [1.54, 1.807) is 0 Å². The lowest BCUT2D eigenvalue weighted by Crippen LogP contribution is -1.71. The Morgan fingerprint density at radius 3 is 2.30 bits per heavy atom. The summed E-state index contributed by atoms with van der Waals surface area (Å²) in [6.45, 7) is 2.06. The van der Waals surface area contributed by atoms with Crippen LogP contribution in [0.2, 0.25) is 0 Å². The van der Waals surface area contributed by atoms with Crippen LogP contribution in [0.5, 0.6) is 0 Å². The molecule has 0 unspecified atom stereocenters. The monoisotopic (exact) mass is 152 g/mol. The fraction of sp³-hybridized carbons (Fsp3) is 0.111. The highest BCUT2D eigenvalue weighted by Crippen LogP contribution is 2.04. The molecule has 0 aliphatic heterocycles. The van der Waals surface area contributed by atoms with E-state index < -0.39 is 0 Å². The molecule has 0 atom stereocenters. The summed E-state index contributed by atoms with van der Waals surface area (Å²) in [4.78, 5) is 0. The van der Waals surface area contributed by atoms with Gasteiger partial charge in [-0.25, -0.2) is 0 Å². The summed E-state index contributed by atoms with van der Waals surface area (Å²) in [5, 5.41) is 0. The lowest BCUT2D eigenvalue weighted by Gasteiger charge is -1.92. The van der Waals surface area contributed by atoms with Crippen molar-refractivity contribution in [2.24, 2.45) is 0 Å². The van der Waals surface area contributed by atoms with Crippen molar-refractivity contribution in [2.45, 2.75) is 6.92 Å². The van der Waals surface area contributed by atoms with Crippen LogP contribution < -0.4 is 0 Å². The van der Waals surface area contributed by atoms with E-state index in [0.717, 1.165) is 5.56 Å². The van der Waals surface area contributed by atoms with Crippen LogP contribution in [0.3, 0.4) is 0 Å². The summed E-state index contributed by atoms with van der Waals surface area (Å²) in [6.07, 6.45) is 1.86. The Morgan fingerprint density at radius 2 is 1.80 bits per heavy atom. The minimum Gasteiger partial charge on any atom is -0.0929 e. The van der Waals surface area contributed by atoms with Gasteiger partial charge in [-0.2, -0.15) is 0 Å². The third-order valence-electron chi connectivity index (χ3n) is 1.33. The van der Waals surface area contributed by atoms with Gasteiger partial charge in [0.05, 0.1) is 0 Å². The summed E-state index contributed by atoms with van der Waals surface area (Å²) in [5.74, 6) is 0. The van der Waals surface area contributed by atoms with Gasteiger partial charge in [-0.05, 0) is 18.6 Å². The number of halogens is 1. The fourth-order valence-electron chi connectivity index (χ4n) is 0.750. The van der Waals surface area contributed by atoms with Crippen molar-refractivity contribution in [2.75, 3.05) is 0 Å². The number of benzene rings is 1. The summed E-state index contributed by atoms with van der Waals surface area (Å²) in [5.41, 5.74) is 3.93. The maximum absolute atomic E-state index is 5.40. The Labute approximate surface area is 66.1 Å². The van der Waals surface area contributed by atoms with E-state index in [-0.39, 0.29) is 0 Å². The van der Waals surface area contributed by atoms with Gasteiger partial charge >= 0.3 is 0 Å². The normalized spacial score (nSPS) is 10.6. The molecule has 1 aromatic carbocycles. The van der Waals surface area contributed by atoms with Crippen LogP contribution in [-0.4, -0.2) is 0 Å². The van der Waals surface area contributed by atoms with Crippen molar-refractivity contribution in [3.63, 3.8) is 0 Å². The molecule has 0 aliphatic carbocycles. The summed E-state index contributed by atoms with van der Waals surface area (Å²) < 4.78 is 0. The first-order chi connectivity index (χ1) is 4.83. The Bertz CT molecular complexity index is 221. The number of rotatable bonds is 1. The molecule has 0 radical (unpaired) electrons. The molecule has 1 heteroatoms. The maximum Gasteiger partial charge on any atom is 0.00484 e. The molecule has 0 nitrogen and oxygen atoms in total. The zero-order chi connectivity index (χ0) is 7.40. The number of hydrogen-bond acceptors (Lipinski definition) is 0. The molecular formula is C9H9Cl. The molecule has 0 amide bonds. The van der Waals surface area contributed by atoms with Gasteiger partial charge in [0, 0.05) is 5.54 Å². The highest BCUT2D eigenvalue weighted by Gasteiger charge is 1.83. The lowest BCUT2D eigenvalue weighted by atomic mass is 10.2. The Morgan fingerprint density at radius 1 is 1.20 bits per heavy atom. The van der Waals surface area contributed by atoms with Crippen LogP contribution in [0.15, 0.2) is 29.8 Å². The van der Waals surface area contributed by atoms with Crippen LogP contribution in [0.25, 0.3) is 6.08 Å². The molecule has 0 bridgehead atoms.